The van der Waals surface area contributed by atoms with E-state index in [1.807, 2.05) is 38.2 Å². The van der Waals surface area contributed by atoms with E-state index in [0.29, 0.717) is 24.2 Å². The first-order valence-corrected chi connectivity index (χ1v) is 7.76. The number of likely N-dealkylation sites (N-methyl/N-ethyl adjacent to an activating group) is 1. The van der Waals surface area contributed by atoms with Crippen LogP contribution in [-0.4, -0.2) is 53.6 Å². The van der Waals surface area contributed by atoms with Gasteiger partial charge < -0.3 is 10.0 Å². The first-order chi connectivity index (χ1) is 10.0. The minimum Gasteiger partial charge on any atom is -0.395 e. The van der Waals surface area contributed by atoms with Gasteiger partial charge in [0.1, 0.15) is 0 Å². The molecule has 1 aliphatic carbocycles. The van der Waals surface area contributed by atoms with E-state index in [2.05, 4.69) is 4.90 Å². The molecular formula is C16H23ClN2O2. The molecule has 116 valence electrons. The Labute approximate surface area is 131 Å². The van der Waals surface area contributed by atoms with Crippen LogP contribution in [0.4, 0.5) is 0 Å². The lowest BCUT2D eigenvalue weighted by atomic mass is 10.1. The Balaban J connectivity index is 1.95. The molecule has 1 aromatic rings. The number of aliphatic hydroxyl groups excluding tert-OH is 1. The third-order valence-electron chi connectivity index (χ3n) is 4.12. The Hall–Kier alpha value is -1.10. The zero-order valence-electron chi connectivity index (χ0n) is 12.6. The van der Waals surface area contributed by atoms with Gasteiger partial charge in [-0.15, -0.1) is 0 Å². The molecule has 4 nitrogen and oxygen atoms in total. The third-order valence-corrected chi connectivity index (χ3v) is 4.37. The molecule has 0 spiro atoms. The van der Waals surface area contributed by atoms with E-state index < -0.39 is 0 Å². The number of rotatable bonds is 7. The Morgan fingerprint density at radius 3 is 2.52 bits per heavy atom. The minimum absolute atomic E-state index is 0.00458. The van der Waals surface area contributed by atoms with Crippen molar-refractivity contribution in [2.75, 3.05) is 26.7 Å². The molecule has 0 radical (unpaired) electrons. The van der Waals surface area contributed by atoms with Crippen molar-refractivity contribution in [1.29, 1.82) is 0 Å². The van der Waals surface area contributed by atoms with Crippen LogP contribution in [0.5, 0.6) is 0 Å². The molecule has 1 aromatic carbocycles. The minimum atomic E-state index is 0.00458. The zero-order valence-corrected chi connectivity index (χ0v) is 13.4. The van der Waals surface area contributed by atoms with Crippen molar-refractivity contribution in [3.63, 3.8) is 0 Å². The van der Waals surface area contributed by atoms with E-state index in [1.54, 1.807) is 4.90 Å². The molecule has 0 bridgehead atoms. The molecule has 2 rings (SSSR count). The molecule has 1 unspecified atom stereocenters. The number of halogens is 1. The quantitative estimate of drug-likeness (QED) is 0.840. The molecule has 0 saturated heterocycles. The van der Waals surface area contributed by atoms with Gasteiger partial charge in [0, 0.05) is 24.7 Å². The van der Waals surface area contributed by atoms with Gasteiger partial charge in [-0.2, -0.15) is 0 Å². The number of hydrogen-bond donors (Lipinski definition) is 1. The summed E-state index contributed by atoms with van der Waals surface area (Å²) in [5, 5.41) is 9.80. The summed E-state index contributed by atoms with van der Waals surface area (Å²) in [5.74, 6) is 0.0813. The van der Waals surface area contributed by atoms with Crippen LogP contribution in [0.3, 0.4) is 0 Å². The largest absolute Gasteiger partial charge is 0.395 e. The smallest absolute Gasteiger partial charge is 0.237 e. The van der Waals surface area contributed by atoms with Gasteiger partial charge in [-0.3, -0.25) is 9.69 Å². The lowest BCUT2D eigenvalue weighted by Gasteiger charge is -2.29. The Morgan fingerprint density at radius 2 is 2.00 bits per heavy atom. The molecule has 1 amide bonds. The standard InChI is InChI=1S/C16H23ClN2O2/c1-12(13-3-5-14(17)6-4-13)18(2)16(21)11-19(9-10-20)15-7-8-15/h3-6,12,15,20H,7-11H2,1-2H3. The van der Waals surface area contributed by atoms with Gasteiger partial charge >= 0.3 is 0 Å². The van der Waals surface area contributed by atoms with E-state index in [4.69, 9.17) is 16.7 Å². The average molecular weight is 311 g/mol. The lowest BCUT2D eigenvalue weighted by Crippen LogP contribution is -2.41. The number of amides is 1. The Kier molecular flexibility index (Phi) is 5.62. The van der Waals surface area contributed by atoms with Crippen molar-refractivity contribution < 1.29 is 9.90 Å². The fourth-order valence-electron chi connectivity index (χ4n) is 2.43. The second kappa shape index (κ2) is 7.25. The normalized spacial score (nSPS) is 16.0. The van der Waals surface area contributed by atoms with E-state index in [0.717, 1.165) is 18.4 Å². The highest BCUT2D eigenvalue weighted by Crippen LogP contribution is 2.27. The van der Waals surface area contributed by atoms with Gasteiger partial charge in [0.25, 0.3) is 0 Å². The number of carbonyl (C=O) groups excluding carboxylic acids is 1. The number of benzene rings is 1. The van der Waals surface area contributed by atoms with Crippen LogP contribution in [-0.2, 0) is 4.79 Å². The van der Waals surface area contributed by atoms with Crippen LogP contribution in [0.25, 0.3) is 0 Å². The molecule has 0 aromatic heterocycles. The van der Waals surface area contributed by atoms with Crippen molar-refractivity contribution in [3.05, 3.63) is 34.9 Å². The molecule has 0 aliphatic heterocycles. The predicted octanol–water partition coefficient (Wildman–Crippen LogP) is 2.32. The first kappa shape index (κ1) is 16.3. The number of aliphatic hydroxyl groups is 1. The monoisotopic (exact) mass is 310 g/mol. The molecular weight excluding hydrogens is 288 g/mol. The van der Waals surface area contributed by atoms with Crippen LogP contribution in [0.2, 0.25) is 5.02 Å². The maximum Gasteiger partial charge on any atom is 0.237 e. The molecule has 1 saturated carbocycles. The highest BCUT2D eigenvalue weighted by Gasteiger charge is 2.31. The Morgan fingerprint density at radius 1 is 1.38 bits per heavy atom. The highest BCUT2D eigenvalue weighted by molar-refractivity contribution is 6.30. The molecule has 21 heavy (non-hydrogen) atoms. The average Bonchev–Trinajstić information content (AvgIpc) is 3.30. The molecule has 1 fully saturated rings. The number of nitrogens with zero attached hydrogens (tertiary/aromatic N) is 2. The lowest BCUT2D eigenvalue weighted by molar-refractivity contribution is -0.133. The fourth-order valence-corrected chi connectivity index (χ4v) is 2.55. The summed E-state index contributed by atoms with van der Waals surface area (Å²) >= 11 is 5.89. The molecule has 0 heterocycles. The second-order valence-electron chi connectivity index (χ2n) is 5.66. The summed E-state index contributed by atoms with van der Waals surface area (Å²) < 4.78 is 0. The van der Waals surface area contributed by atoms with Crippen LogP contribution < -0.4 is 0 Å². The summed E-state index contributed by atoms with van der Waals surface area (Å²) in [6.45, 7) is 3.05. The van der Waals surface area contributed by atoms with Gasteiger partial charge in [0.05, 0.1) is 19.2 Å². The van der Waals surface area contributed by atoms with E-state index in [1.165, 1.54) is 0 Å². The van der Waals surface area contributed by atoms with E-state index in [9.17, 15) is 4.79 Å². The summed E-state index contributed by atoms with van der Waals surface area (Å²) in [5.41, 5.74) is 1.07. The van der Waals surface area contributed by atoms with E-state index >= 15 is 0 Å². The molecule has 5 heteroatoms. The van der Waals surface area contributed by atoms with Gasteiger partial charge in [0.2, 0.25) is 5.91 Å². The van der Waals surface area contributed by atoms with Crippen molar-refractivity contribution in [1.82, 2.24) is 9.80 Å². The Bertz CT molecular complexity index is 474. The summed E-state index contributed by atoms with van der Waals surface area (Å²) in [6.07, 6.45) is 2.26. The predicted molar refractivity (Wildman–Crippen MR) is 84.3 cm³/mol. The number of hydrogen-bond acceptors (Lipinski definition) is 3. The SMILES string of the molecule is CC(c1ccc(Cl)cc1)N(C)C(=O)CN(CCO)C1CC1. The van der Waals surface area contributed by atoms with Crippen molar-refractivity contribution >= 4 is 17.5 Å². The molecule has 1 aliphatic rings. The van der Waals surface area contributed by atoms with Crippen LogP contribution in [0, 0.1) is 0 Å². The van der Waals surface area contributed by atoms with Gasteiger partial charge in [0.15, 0.2) is 0 Å². The zero-order chi connectivity index (χ0) is 15.4. The van der Waals surface area contributed by atoms with Gasteiger partial charge in [-0.25, -0.2) is 0 Å². The first-order valence-electron chi connectivity index (χ1n) is 7.39. The molecule has 1 atom stereocenters. The topological polar surface area (TPSA) is 43.8 Å². The van der Waals surface area contributed by atoms with Crippen LogP contribution in [0.15, 0.2) is 24.3 Å². The third kappa shape index (κ3) is 4.43. The summed E-state index contributed by atoms with van der Waals surface area (Å²) in [7, 11) is 1.83. The second-order valence-corrected chi connectivity index (χ2v) is 6.09. The number of carbonyl (C=O) groups is 1. The molecule has 1 N–H and O–H groups in total. The highest BCUT2D eigenvalue weighted by atomic mass is 35.5. The fraction of sp³-hybridized carbons (Fsp3) is 0.562. The van der Waals surface area contributed by atoms with Gasteiger partial charge in [-0.05, 0) is 37.5 Å². The van der Waals surface area contributed by atoms with Gasteiger partial charge in [-0.1, -0.05) is 23.7 Å². The summed E-state index contributed by atoms with van der Waals surface area (Å²) in [4.78, 5) is 16.3. The van der Waals surface area contributed by atoms with Crippen LogP contribution >= 0.6 is 11.6 Å². The maximum atomic E-state index is 12.4. The van der Waals surface area contributed by atoms with Crippen molar-refractivity contribution in [2.24, 2.45) is 0 Å². The maximum absolute atomic E-state index is 12.4. The van der Waals surface area contributed by atoms with Crippen molar-refractivity contribution in [3.8, 4) is 0 Å². The van der Waals surface area contributed by atoms with E-state index in [-0.39, 0.29) is 18.6 Å². The van der Waals surface area contributed by atoms with Crippen molar-refractivity contribution in [2.45, 2.75) is 31.8 Å². The summed E-state index contributed by atoms with van der Waals surface area (Å²) in [6, 6.07) is 8.05. The van der Waals surface area contributed by atoms with Crippen LogP contribution in [0.1, 0.15) is 31.4 Å².